The number of fused-ring (bicyclic) bond motifs is 1. The van der Waals surface area contributed by atoms with Crippen molar-refractivity contribution in [3.8, 4) is 11.5 Å². The fraction of sp³-hybridized carbons (Fsp3) is 0.214. The van der Waals surface area contributed by atoms with E-state index in [2.05, 4.69) is 9.82 Å². The van der Waals surface area contributed by atoms with Crippen LogP contribution in [0, 0.1) is 29.1 Å². The van der Waals surface area contributed by atoms with E-state index < -0.39 is 66.2 Å². The monoisotopic (exact) mass is 645 g/mol. The normalized spacial score (nSPS) is 14.1. The van der Waals surface area contributed by atoms with Gasteiger partial charge in [0.2, 0.25) is 40.7 Å². The number of hydrogen-bond donors (Lipinski definition) is 1. The van der Waals surface area contributed by atoms with Crippen LogP contribution < -0.4 is 14.3 Å². The molecule has 3 aromatic carbocycles. The van der Waals surface area contributed by atoms with Gasteiger partial charge in [-0.05, 0) is 54.6 Å². The summed E-state index contributed by atoms with van der Waals surface area (Å²) >= 11 is 0.720. The van der Waals surface area contributed by atoms with Gasteiger partial charge >= 0.3 is 19.5 Å². The molecule has 228 valence electrons. The Morgan fingerprint density at radius 2 is 1.56 bits per heavy atom. The number of nitrogens with one attached hydrogen (secondary N) is 1. The second-order valence-corrected chi connectivity index (χ2v) is 12.2. The van der Waals surface area contributed by atoms with Crippen LogP contribution in [-0.4, -0.2) is 24.6 Å². The lowest BCUT2D eigenvalue weighted by atomic mass is 10.2. The number of thiophene rings is 1. The molecule has 0 radical (unpaired) electrons. The molecule has 0 spiro atoms. The first-order chi connectivity index (χ1) is 20.4. The first kappa shape index (κ1) is 32.1. The zero-order valence-electron chi connectivity index (χ0n) is 22.3. The summed E-state index contributed by atoms with van der Waals surface area (Å²) in [6.07, 6.45) is 0.528. The minimum atomic E-state index is -4.55. The van der Waals surface area contributed by atoms with Crippen LogP contribution in [0.15, 0.2) is 54.6 Å². The maximum Gasteiger partial charge on any atom is 0.355 e. The number of esters is 2. The molecule has 0 saturated heterocycles. The van der Waals surface area contributed by atoms with Gasteiger partial charge in [-0.15, -0.1) is 11.3 Å². The maximum atomic E-state index is 16.0. The Kier molecular flexibility index (Phi) is 9.83. The lowest BCUT2D eigenvalue weighted by molar-refractivity contribution is -0.145. The van der Waals surface area contributed by atoms with Crippen LogP contribution >= 0.6 is 18.9 Å². The van der Waals surface area contributed by atoms with Crippen molar-refractivity contribution in [2.75, 3.05) is 6.61 Å². The quantitative estimate of drug-likeness (QED) is 0.0442. The smallest absolute Gasteiger partial charge is 0.355 e. The number of carbonyl (C=O) groups is 2. The van der Waals surface area contributed by atoms with Crippen LogP contribution in [0.2, 0.25) is 0 Å². The fourth-order valence-corrected chi connectivity index (χ4v) is 6.58. The summed E-state index contributed by atoms with van der Waals surface area (Å²) in [5, 5.41) is 2.62. The van der Waals surface area contributed by atoms with Crippen molar-refractivity contribution in [1.82, 2.24) is 5.09 Å². The number of halogens is 6. The SMILES string of the molecule is CCCOC(=O)[C@@H](C)NP(=O)(Oc1ccccc1)[C@@H](F)c1ccc2sc(C(=O)Oc3c(F)c(F)c(F)c(F)c3F)cc2c1. The Labute approximate surface area is 244 Å². The first-order valence-corrected chi connectivity index (χ1v) is 15.1. The van der Waals surface area contributed by atoms with Crippen molar-refractivity contribution in [1.29, 1.82) is 0 Å². The Balaban J connectivity index is 1.63. The van der Waals surface area contributed by atoms with Crippen molar-refractivity contribution >= 4 is 40.9 Å². The molecule has 0 aliphatic rings. The van der Waals surface area contributed by atoms with E-state index in [9.17, 15) is 36.1 Å². The van der Waals surface area contributed by atoms with Gasteiger partial charge in [-0.1, -0.05) is 31.2 Å². The van der Waals surface area contributed by atoms with E-state index >= 15 is 4.39 Å². The molecule has 3 atom stereocenters. The zero-order valence-corrected chi connectivity index (χ0v) is 24.0. The molecule has 0 saturated carbocycles. The number of hydrogen-bond acceptors (Lipinski definition) is 7. The number of carbonyl (C=O) groups excluding carboxylic acids is 2. The minimum Gasteiger partial charge on any atom is -0.465 e. The van der Waals surface area contributed by atoms with Gasteiger partial charge in [0.1, 0.15) is 16.7 Å². The number of rotatable bonds is 11. The predicted octanol–water partition coefficient (Wildman–Crippen LogP) is 7.99. The number of ether oxygens (including phenoxy) is 2. The van der Waals surface area contributed by atoms with E-state index in [1.165, 1.54) is 37.3 Å². The van der Waals surface area contributed by atoms with Gasteiger partial charge in [-0.2, -0.15) is 8.78 Å². The molecule has 0 aliphatic heterocycles. The molecule has 43 heavy (non-hydrogen) atoms. The Bertz CT molecular complexity index is 1690. The number of alkyl halides is 1. The van der Waals surface area contributed by atoms with Crippen LogP contribution in [-0.2, 0) is 14.1 Å². The third-order valence-corrected chi connectivity index (χ3v) is 9.06. The molecular weight excluding hydrogens is 623 g/mol. The molecule has 1 unspecified atom stereocenters. The van der Waals surface area contributed by atoms with Gasteiger partial charge in [-0.25, -0.2) is 27.4 Å². The summed E-state index contributed by atoms with van der Waals surface area (Å²) < 4.78 is 114. The summed E-state index contributed by atoms with van der Waals surface area (Å²) in [6, 6.07) is 11.4. The molecule has 15 heteroatoms. The van der Waals surface area contributed by atoms with E-state index in [-0.39, 0.29) is 28.2 Å². The summed E-state index contributed by atoms with van der Waals surface area (Å²) in [6.45, 7) is 3.20. The van der Waals surface area contributed by atoms with Crippen molar-refractivity contribution in [2.45, 2.75) is 32.2 Å². The van der Waals surface area contributed by atoms with E-state index in [4.69, 9.17) is 9.26 Å². The topological polar surface area (TPSA) is 90.9 Å². The van der Waals surface area contributed by atoms with Crippen molar-refractivity contribution in [3.05, 3.63) is 94.1 Å². The summed E-state index contributed by atoms with van der Waals surface area (Å²) in [7, 11) is -4.55. The Morgan fingerprint density at radius 3 is 2.19 bits per heavy atom. The molecule has 0 fully saturated rings. The van der Waals surface area contributed by atoms with E-state index in [1.54, 1.807) is 25.1 Å². The van der Waals surface area contributed by atoms with Crippen molar-refractivity contribution in [3.63, 3.8) is 0 Å². The number of para-hydroxylation sites is 1. The van der Waals surface area contributed by atoms with Gasteiger partial charge in [0.05, 0.1) is 6.61 Å². The molecule has 0 bridgehead atoms. The standard InChI is InChI=1S/C28H22F6NO6PS/c1-3-11-39-27(36)14(2)35-42(38,41-17-7-5-4-6-8-17)26(34)15-9-10-18-16(12-15)13-19(43-18)28(37)40-25-23(32)21(30)20(29)22(31)24(25)33/h4-10,12-14,26H,3,11H2,1-2H3,(H,35,38)/t14-,26-,42?/m1/s1. The summed E-state index contributed by atoms with van der Waals surface area (Å²) in [4.78, 5) is 24.6. The lowest BCUT2D eigenvalue weighted by Crippen LogP contribution is -2.35. The van der Waals surface area contributed by atoms with Gasteiger partial charge in [0, 0.05) is 4.70 Å². The number of benzene rings is 3. The molecule has 0 amide bonds. The summed E-state index contributed by atoms with van der Waals surface area (Å²) in [5.74, 6) is -18.0. The average Bonchev–Trinajstić information content (AvgIpc) is 3.43. The third-order valence-electron chi connectivity index (χ3n) is 5.84. The molecule has 1 aromatic heterocycles. The Hall–Kier alpha value is -3.87. The van der Waals surface area contributed by atoms with Crippen LogP contribution in [0.4, 0.5) is 26.3 Å². The molecule has 4 rings (SSSR count). The predicted molar refractivity (Wildman–Crippen MR) is 145 cm³/mol. The molecule has 1 heterocycles. The van der Waals surface area contributed by atoms with Crippen LogP contribution in [0.5, 0.6) is 11.5 Å². The highest BCUT2D eigenvalue weighted by molar-refractivity contribution is 7.57. The molecular formula is C28H22F6NO6PS. The molecule has 1 N–H and O–H groups in total. The second kappa shape index (κ2) is 13.2. The van der Waals surface area contributed by atoms with Gasteiger partial charge < -0.3 is 14.0 Å². The molecule has 7 nitrogen and oxygen atoms in total. The van der Waals surface area contributed by atoms with Crippen LogP contribution in [0.1, 0.15) is 41.4 Å². The van der Waals surface area contributed by atoms with E-state index in [0.717, 1.165) is 17.4 Å². The third kappa shape index (κ3) is 6.87. The first-order valence-electron chi connectivity index (χ1n) is 12.6. The van der Waals surface area contributed by atoms with E-state index in [1.807, 2.05) is 0 Å². The fourth-order valence-electron chi connectivity index (χ4n) is 3.75. The van der Waals surface area contributed by atoms with Crippen molar-refractivity contribution in [2.24, 2.45) is 0 Å². The van der Waals surface area contributed by atoms with Gasteiger partial charge in [0.25, 0.3) is 0 Å². The highest BCUT2D eigenvalue weighted by Crippen LogP contribution is 2.58. The van der Waals surface area contributed by atoms with Crippen LogP contribution in [0.25, 0.3) is 10.1 Å². The maximum absolute atomic E-state index is 16.0. The average molecular weight is 646 g/mol. The second-order valence-electron chi connectivity index (χ2n) is 9.05. The summed E-state index contributed by atoms with van der Waals surface area (Å²) in [5.41, 5.74) is -0.189. The molecule has 0 aliphatic carbocycles. The highest BCUT2D eigenvalue weighted by atomic mass is 32.1. The van der Waals surface area contributed by atoms with E-state index in [0.29, 0.717) is 11.1 Å². The van der Waals surface area contributed by atoms with Gasteiger partial charge in [0.15, 0.2) is 0 Å². The van der Waals surface area contributed by atoms with Crippen molar-refractivity contribution < 1.29 is 54.5 Å². The zero-order chi connectivity index (χ0) is 31.5. The minimum absolute atomic E-state index is 0.0462. The molecule has 4 aromatic rings. The van der Waals surface area contributed by atoms with Crippen LogP contribution in [0.3, 0.4) is 0 Å². The van der Waals surface area contributed by atoms with Gasteiger partial charge in [-0.3, -0.25) is 9.36 Å². The lowest BCUT2D eigenvalue weighted by Gasteiger charge is -2.26. The Morgan fingerprint density at radius 1 is 0.930 bits per heavy atom. The highest BCUT2D eigenvalue weighted by Gasteiger charge is 2.41. The largest absolute Gasteiger partial charge is 0.465 e.